The number of nitriles is 1. The first kappa shape index (κ1) is 13.6. The molecule has 0 saturated carbocycles. The maximum Gasteiger partial charge on any atom is 0.354 e. The molecule has 0 spiro atoms. The number of anilines is 1. The number of rotatable bonds is 5. The third-order valence-electron chi connectivity index (χ3n) is 2.19. The van der Waals surface area contributed by atoms with Gasteiger partial charge in [-0.3, -0.25) is 4.79 Å². The second-order valence-electron chi connectivity index (χ2n) is 3.54. The average Bonchev–Trinajstić information content (AvgIpc) is 2.69. The number of esters is 1. The molecule has 96 valence electrons. The van der Waals surface area contributed by atoms with E-state index in [1.165, 1.54) is 23.9 Å². The fourth-order valence-corrected chi connectivity index (χ4v) is 1.41. The molecule has 0 aromatic carbocycles. The summed E-state index contributed by atoms with van der Waals surface area (Å²) in [6, 6.07) is 3.35. The van der Waals surface area contributed by atoms with Crippen molar-refractivity contribution in [2.45, 2.75) is 13.0 Å². The summed E-state index contributed by atoms with van der Waals surface area (Å²) in [7, 11) is 1.25. The van der Waals surface area contributed by atoms with Crippen molar-refractivity contribution in [1.29, 1.82) is 5.26 Å². The molecule has 7 heteroatoms. The van der Waals surface area contributed by atoms with Crippen LogP contribution in [0, 0.1) is 11.3 Å². The van der Waals surface area contributed by atoms with Gasteiger partial charge in [0.1, 0.15) is 12.2 Å². The highest BCUT2D eigenvalue weighted by atomic mass is 16.5. The van der Waals surface area contributed by atoms with Gasteiger partial charge in [-0.25, -0.2) is 4.79 Å². The van der Waals surface area contributed by atoms with Crippen LogP contribution in [0.2, 0.25) is 0 Å². The lowest BCUT2D eigenvalue weighted by Gasteiger charge is -2.07. The Morgan fingerprint density at radius 3 is 2.94 bits per heavy atom. The summed E-state index contributed by atoms with van der Waals surface area (Å²) in [5.74, 6) is -0.859. The van der Waals surface area contributed by atoms with Crippen LogP contribution in [-0.4, -0.2) is 30.1 Å². The number of amides is 1. The first-order chi connectivity index (χ1) is 8.58. The van der Waals surface area contributed by atoms with E-state index in [2.05, 4.69) is 10.1 Å². The van der Waals surface area contributed by atoms with Gasteiger partial charge in [0, 0.05) is 12.7 Å². The van der Waals surface area contributed by atoms with Crippen molar-refractivity contribution in [2.24, 2.45) is 0 Å². The topological polar surface area (TPSA) is 110 Å². The number of nitrogens with two attached hydrogens (primary N) is 1. The Morgan fingerprint density at radius 2 is 2.33 bits per heavy atom. The molecule has 0 aliphatic heterocycles. The molecule has 1 heterocycles. The molecule has 1 amide bonds. The number of nitrogens with zero attached hydrogens (tertiary/aromatic N) is 2. The third-order valence-corrected chi connectivity index (χ3v) is 2.19. The van der Waals surface area contributed by atoms with Crippen molar-refractivity contribution < 1.29 is 14.3 Å². The molecule has 0 aliphatic carbocycles. The van der Waals surface area contributed by atoms with Gasteiger partial charge in [-0.05, 0) is 6.07 Å². The van der Waals surface area contributed by atoms with Crippen LogP contribution in [0.1, 0.15) is 16.9 Å². The molecule has 0 unspecified atom stereocenters. The summed E-state index contributed by atoms with van der Waals surface area (Å²) in [5, 5.41) is 10.9. The van der Waals surface area contributed by atoms with Crippen molar-refractivity contribution in [3.05, 3.63) is 18.0 Å². The first-order valence-corrected chi connectivity index (χ1v) is 5.26. The zero-order valence-electron chi connectivity index (χ0n) is 9.97. The van der Waals surface area contributed by atoms with E-state index < -0.39 is 5.97 Å². The normalized spacial score (nSPS) is 9.56. The summed E-state index contributed by atoms with van der Waals surface area (Å²) >= 11 is 0. The molecule has 1 aromatic rings. The van der Waals surface area contributed by atoms with E-state index in [0.717, 1.165) is 0 Å². The van der Waals surface area contributed by atoms with Crippen molar-refractivity contribution >= 4 is 17.6 Å². The summed E-state index contributed by atoms with van der Waals surface area (Å²) in [5.41, 5.74) is 6.15. The standard InChI is InChI=1S/C11H14N4O3/c1-18-11(17)9-5-8(13)6-15(9)7-10(16)14-4-2-3-12/h5-6H,2,4,7,13H2,1H3,(H,14,16). The van der Waals surface area contributed by atoms with Gasteiger partial charge in [0.25, 0.3) is 0 Å². The number of carbonyl (C=O) groups is 2. The number of hydrogen-bond acceptors (Lipinski definition) is 5. The lowest BCUT2D eigenvalue weighted by atomic mass is 10.4. The van der Waals surface area contributed by atoms with E-state index in [0.29, 0.717) is 5.69 Å². The van der Waals surface area contributed by atoms with Crippen LogP contribution in [0.15, 0.2) is 12.3 Å². The zero-order valence-corrected chi connectivity index (χ0v) is 9.97. The second-order valence-corrected chi connectivity index (χ2v) is 3.54. The average molecular weight is 250 g/mol. The van der Waals surface area contributed by atoms with Gasteiger partial charge in [-0.15, -0.1) is 0 Å². The lowest BCUT2D eigenvalue weighted by molar-refractivity contribution is -0.121. The number of nitrogen functional groups attached to an aromatic ring is 1. The highest BCUT2D eigenvalue weighted by Gasteiger charge is 2.15. The van der Waals surface area contributed by atoms with E-state index in [1.807, 2.05) is 6.07 Å². The Bertz CT molecular complexity index is 487. The van der Waals surface area contributed by atoms with Crippen LogP contribution in [0.4, 0.5) is 5.69 Å². The molecule has 18 heavy (non-hydrogen) atoms. The minimum absolute atomic E-state index is 0.0485. The largest absolute Gasteiger partial charge is 0.464 e. The molecular formula is C11H14N4O3. The minimum atomic E-state index is -0.559. The molecular weight excluding hydrogens is 236 g/mol. The molecule has 1 rings (SSSR count). The van der Waals surface area contributed by atoms with Gasteiger partial charge < -0.3 is 20.4 Å². The maximum absolute atomic E-state index is 11.5. The smallest absolute Gasteiger partial charge is 0.354 e. The summed E-state index contributed by atoms with van der Waals surface area (Å²) < 4.78 is 5.99. The van der Waals surface area contributed by atoms with E-state index in [4.69, 9.17) is 11.0 Å². The van der Waals surface area contributed by atoms with E-state index in [9.17, 15) is 9.59 Å². The monoisotopic (exact) mass is 250 g/mol. The lowest BCUT2D eigenvalue weighted by Crippen LogP contribution is -2.29. The van der Waals surface area contributed by atoms with Crippen LogP contribution in [0.25, 0.3) is 0 Å². The molecule has 0 bridgehead atoms. The Balaban J connectivity index is 2.69. The Morgan fingerprint density at radius 1 is 1.61 bits per heavy atom. The number of ether oxygens (including phenoxy) is 1. The van der Waals surface area contributed by atoms with Crippen LogP contribution in [0.5, 0.6) is 0 Å². The predicted molar refractivity (Wildman–Crippen MR) is 63.4 cm³/mol. The van der Waals surface area contributed by atoms with Gasteiger partial charge in [0.15, 0.2) is 0 Å². The van der Waals surface area contributed by atoms with Crippen molar-refractivity contribution in [3.63, 3.8) is 0 Å². The molecule has 0 saturated heterocycles. The van der Waals surface area contributed by atoms with Gasteiger partial charge in [-0.2, -0.15) is 5.26 Å². The molecule has 0 fully saturated rings. The van der Waals surface area contributed by atoms with Gasteiger partial charge >= 0.3 is 5.97 Å². The quantitative estimate of drug-likeness (QED) is 0.559. The Labute approximate surface area is 104 Å². The molecule has 3 N–H and O–H groups in total. The Hall–Kier alpha value is -2.49. The number of aromatic nitrogens is 1. The zero-order chi connectivity index (χ0) is 13.5. The number of nitrogens with one attached hydrogen (secondary N) is 1. The fourth-order valence-electron chi connectivity index (χ4n) is 1.41. The third kappa shape index (κ3) is 3.52. The van der Waals surface area contributed by atoms with Crippen LogP contribution < -0.4 is 11.1 Å². The summed E-state index contributed by atoms with van der Waals surface area (Å²) in [6.07, 6.45) is 1.72. The van der Waals surface area contributed by atoms with Gasteiger partial charge in [-0.1, -0.05) is 0 Å². The van der Waals surface area contributed by atoms with Crippen molar-refractivity contribution in [1.82, 2.24) is 9.88 Å². The molecule has 1 aromatic heterocycles. The highest BCUT2D eigenvalue weighted by molar-refractivity contribution is 5.89. The molecule has 0 radical (unpaired) electrons. The van der Waals surface area contributed by atoms with Crippen LogP contribution >= 0.6 is 0 Å². The number of methoxy groups -OCH3 is 1. The highest BCUT2D eigenvalue weighted by Crippen LogP contribution is 2.11. The number of carbonyl (C=O) groups excluding carboxylic acids is 2. The fraction of sp³-hybridized carbons (Fsp3) is 0.364. The Kier molecular flexibility index (Phi) is 4.75. The second kappa shape index (κ2) is 6.30. The summed E-state index contributed by atoms with van der Waals surface area (Å²) in [6.45, 7) is 0.229. The van der Waals surface area contributed by atoms with Crippen LogP contribution in [0.3, 0.4) is 0 Å². The SMILES string of the molecule is COC(=O)c1cc(N)cn1CC(=O)NCCC#N. The van der Waals surface area contributed by atoms with Crippen molar-refractivity contribution in [2.75, 3.05) is 19.4 Å². The molecule has 0 atom stereocenters. The van der Waals surface area contributed by atoms with E-state index in [-0.39, 0.29) is 31.1 Å². The van der Waals surface area contributed by atoms with E-state index in [1.54, 1.807) is 0 Å². The molecule has 0 aliphatic rings. The first-order valence-electron chi connectivity index (χ1n) is 5.26. The molecule has 7 nitrogen and oxygen atoms in total. The number of hydrogen-bond donors (Lipinski definition) is 2. The predicted octanol–water partition coefficient (Wildman–Crippen LogP) is -0.113. The van der Waals surface area contributed by atoms with Crippen molar-refractivity contribution in [3.8, 4) is 6.07 Å². The van der Waals surface area contributed by atoms with Gasteiger partial charge in [0.2, 0.25) is 5.91 Å². The maximum atomic E-state index is 11.5. The van der Waals surface area contributed by atoms with Gasteiger partial charge in [0.05, 0.1) is 25.3 Å². The minimum Gasteiger partial charge on any atom is -0.464 e. The van der Waals surface area contributed by atoms with Crippen LogP contribution in [-0.2, 0) is 16.1 Å². The van der Waals surface area contributed by atoms with E-state index >= 15 is 0 Å². The summed E-state index contributed by atoms with van der Waals surface area (Å²) in [4.78, 5) is 22.9.